The molecule has 1 aromatic carbocycles. The number of carbonyl (C=O) groups is 1. The Morgan fingerprint density at radius 1 is 1.29 bits per heavy atom. The first kappa shape index (κ1) is 13.7. The summed E-state index contributed by atoms with van der Waals surface area (Å²) in [6.07, 6.45) is 2.11. The van der Waals surface area contributed by atoms with Gasteiger partial charge >= 0.3 is 5.97 Å². The Labute approximate surface area is 103 Å². The molecule has 0 radical (unpaired) electrons. The number of benzene rings is 1. The van der Waals surface area contributed by atoms with Gasteiger partial charge in [0.05, 0.1) is 13.2 Å². The Bertz CT molecular complexity index is 324. The van der Waals surface area contributed by atoms with Gasteiger partial charge in [-0.25, -0.2) is 0 Å². The molecule has 0 N–H and O–H groups in total. The van der Waals surface area contributed by atoms with Gasteiger partial charge in [0.25, 0.3) is 0 Å². The van der Waals surface area contributed by atoms with Crippen LogP contribution in [0.2, 0.25) is 0 Å². The van der Waals surface area contributed by atoms with Crippen LogP contribution in [0.5, 0.6) is 0 Å². The van der Waals surface area contributed by atoms with Crippen LogP contribution < -0.4 is 0 Å². The number of nitrogens with zero attached hydrogens (tertiary/aromatic N) is 1. The predicted octanol–water partition coefficient (Wildman–Crippen LogP) is 2.11. The fourth-order valence-electron chi connectivity index (χ4n) is 1.70. The number of hydrogen-bond acceptors (Lipinski definition) is 3. The third kappa shape index (κ3) is 6.07. The largest absolute Gasteiger partial charge is 0.465 e. The molecule has 0 saturated heterocycles. The predicted molar refractivity (Wildman–Crippen MR) is 68.9 cm³/mol. The molecule has 1 rings (SSSR count). The van der Waals surface area contributed by atoms with Crippen LogP contribution in [0.1, 0.15) is 18.9 Å². The van der Waals surface area contributed by atoms with Gasteiger partial charge < -0.3 is 4.74 Å². The van der Waals surface area contributed by atoms with E-state index in [1.165, 1.54) is 5.56 Å². The molecule has 0 atom stereocenters. The van der Waals surface area contributed by atoms with Gasteiger partial charge in [-0.2, -0.15) is 0 Å². The normalized spacial score (nSPS) is 10.5. The summed E-state index contributed by atoms with van der Waals surface area (Å²) < 4.78 is 4.90. The standard InChI is InChI=1S/C14H21NO2/c1-3-17-14(16)12-15(2)11-7-10-13-8-5-4-6-9-13/h4-6,8-9H,3,7,10-12H2,1-2H3. The van der Waals surface area contributed by atoms with Crippen molar-refractivity contribution in [3.8, 4) is 0 Å². The minimum absolute atomic E-state index is 0.144. The summed E-state index contributed by atoms with van der Waals surface area (Å²) in [4.78, 5) is 13.2. The second-order valence-corrected chi connectivity index (χ2v) is 4.13. The zero-order valence-corrected chi connectivity index (χ0v) is 10.7. The van der Waals surface area contributed by atoms with E-state index >= 15 is 0 Å². The van der Waals surface area contributed by atoms with Gasteiger partial charge in [-0.3, -0.25) is 9.69 Å². The van der Waals surface area contributed by atoms with Crippen LogP contribution in [0.4, 0.5) is 0 Å². The zero-order chi connectivity index (χ0) is 12.5. The number of ether oxygens (including phenoxy) is 1. The lowest BCUT2D eigenvalue weighted by Gasteiger charge is -2.15. The van der Waals surface area contributed by atoms with E-state index in [9.17, 15) is 4.79 Å². The van der Waals surface area contributed by atoms with E-state index in [-0.39, 0.29) is 5.97 Å². The summed E-state index contributed by atoms with van der Waals surface area (Å²) in [7, 11) is 1.95. The van der Waals surface area contributed by atoms with E-state index in [1.807, 2.05) is 24.9 Å². The van der Waals surface area contributed by atoms with Crippen LogP contribution in [-0.2, 0) is 16.0 Å². The van der Waals surface area contributed by atoms with Crippen molar-refractivity contribution in [2.75, 3.05) is 26.7 Å². The number of carbonyl (C=O) groups excluding carboxylic acids is 1. The molecule has 17 heavy (non-hydrogen) atoms. The SMILES string of the molecule is CCOC(=O)CN(C)CCCc1ccccc1. The van der Waals surface area contributed by atoms with Crippen molar-refractivity contribution in [1.82, 2.24) is 4.90 Å². The van der Waals surface area contributed by atoms with Crippen LogP contribution in [0.3, 0.4) is 0 Å². The lowest BCUT2D eigenvalue weighted by atomic mass is 10.1. The van der Waals surface area contributed by atoms with E-state index in [2.05, 4.69) is 24.3 Å². The Morgan fingerprint density at radius 3 is 2.65 bits per heavy atom. The highest BCUT2D eigenvalue weighted by molar-refractivity contribution is 5.71. The summed E-state index contributed by atoms with van der Waals surface area (Å²) in [5.74, 6) is -0.144. The number of hydrogen-bond donors (Lipinski definition) is 0. The average Bonchev–Trinajstić information content (AvgIpc) is 2.30. The van der Waals surface area contributed by atoms with Gasteiger partial charge in [-0.15, -0.1) is 0 Å². The molecular weight excluding hydrogens is 214 g/mol. The summed E-state index contributed by atoms with van der Waals surface area (Å²) in [5, 5.41) is 0. The molecule has 0 saturated carbocycles. The fourth-order valence-corrected chi connectivity index (χ4v) is 1.70. The maximum absolute atomic E-state index is 11.2. The van der Waals surface area contributed by atoms with Crippen molar-refractivity contribution in [2.24, 2.45) is 0 Å². The molecule has 3 nitrogen and oxygen atoms in total. The third-order valence-corrected chi connectivity index (χ3v) is 2.55. The first-order valence-electron chi connectivity index (χ1n) is 6.10. The lowest BCUT2D eigenvalue weighted by molar-refractivity contribution is -0.144. The van der Waals surface area contributed by atoms with Crippen molar-refractivity contribution in [1.29, 1.82) is 0 Å². The maximum atomic E-state index is 11.2. The van der Waals surface area contributed by atoms with Gasteiger partial charge in [-0.05, 0) is 38.9 Å². The third-order valence-electron chi connectivity index (χ3n) is 2.55. The van der Waals surface area contributed by atoms with E-state index in [0.29, 0.717) is 13.2 Å². The number of rotatable bonds is 7. The van der Waals surface area contributed by atoms with Crippen LogP contribution in [0.15, 0.2) is 30.3 Å². The van der Waals surface area contributed by atoms with Crippen molar-refractivity contribution in [2.45, 2.75) is 19.8 Å². The number of likely N-dealkylation sites (N-methyl/N-ethyl adjacent to an activating group) is 1. The molecule has 0 heterocycles. The molecule has 0 bridgehead atoms. The van der Waals surface area contributed by atoms with Crippen LogP contribution >= 0.6 is 0 Å². The summed E-state index contributed by atoms with van der Waals surface area (Å²) in [6, 6.07) is 10.4. The molecular formula is C14H21NO2. The molecule has 94 valence electrons. The fraction of sp³-hybridized carbons (Fsp3) is 0.500. The zero-order valence-electron chi connectivity index (χ0n) is 10.7. The van der Waals surface area contributed by atoms with Gasteiger partial charge in [0.15, 0.2) is 0 Å². The molecule has 0 aliphatic carbocycles. The summed E-state index contributed by atoms with van der Waals surface area (Å²) in [5.41, 5.74) is 1.34. The highest BCUT2D eigenvalue weighted by Gasteiger charge is 2.06. The van der Waals surface area contributed by atoms with Crippen molar-refractivity contribution in [3.05, 3.63) is 35.9 Å². The van der Waals surface area contributed by atoms with Crippen LogP contribution in [0.25, 0.3) is 0 Å². The first-order chi connectivity index (χ1) is 8.22. The molecule has 0 fully saturated rings. The van der Waals surface area contributed by atoms with E-state index in [0.717, 1.165) is 19.4 Å². The Morgan fingerprint density at radius 2 is 2.00 bits per heavy atom. The second kappa shape index (κ2) is 7.85. The molecule has 0 unspecified atom stereocenters. The Kier molecular flexibility index (Phi) is 6.33. The molecule has 1 aromatic rings. The van der Waals surface area contributed by atoms with Gasteiger partial charge in [0.1, 0.15) is 0 Å². The minimum atomic E-state index is -0.144. The molecule has 0 aliphatic heterocycles. The highest BCUT2D eigenvalue weighted by atomic mass is 16.5. The molecule has 3 heteroatoms. The molecule has 0 aliphatic rings. The van der Waals surface area contributed by atoms with Crippen LogP contribution in [0, 0.1) is 0 Å². The lowest BCUT2D eigenvalue weighted by Crippen LogP contribution is -2.28. The van der Waals surface area contributed by atoms with E-state index < -0.39 is 0 Å². The minimum Gasteiger partial charge on any atom is -0.465 e. The highest BCUT2D eigenvalue weighted by Crippen LogP contribution is 2.02. The molecule has 0 aromatic heterocycles. The Hall–Kier alpha value is -1.35. The molecule has 0 spiro atoms. The first-order valence-corrected chi connectivity index (χ1v) is 6.10. The quantitative estimate of drug-likeness (QED) is 0.678. The Balaban J connectivity index is 2.16. The van der Waals surface area contributed by atoms with Crippen molar-refractivity contribution in [3.63, 3.8) is 0 Å². The van der Waals surface area contributed by atoms with Crippen molar-refractivity contribution >= 4 is 5.97 Å². The van der Waals surface area contributed by atoms with E-state index in [1.54, 1.807) is 0 Å². The van der Waals surface area contributed by atoms with Crippen molar-refractivity contribution < 1.29 is 9.53 Å². The molecule has 0 amide bonds. The maximum Gasteiger partial charge on any atom is 0.320 e. The summed E-state index contributed by atoms with van der Waals surface area (Å²) in [6.45, 7) is 3.57. The number of aryl methyl sites for hydroxylation is 1. The smallest absolute Gasteiger partial charge is 0.320 e. The number of esters is 1. The van der Waals surface area contributed by atoms with Gasteiger partial charge in [0.2, 0.25) is 0 Å². The monoisotopic (exact) mass is 235 g/mol. The topological polar surface area (TPSA) is 29.5 Å². The summed E-state index contributed by atoms with van der Waals surface area (Å²) >= 11 is 0. The second-order valence-electron chi connectivity index (χ2n) is 4.13. The van der Waals surface area contributed by atoms with Gasteiger partial charge in [0, 0.05) is 0 Å². The van der Waals surface area contributed by atoms with Gasteiger partial charge in [-0.1, -0.05) is 30.3 Å². The van der Waals surface area contributed by atoms with Crippen LogP contribution in [-0.4, -0.2) is 37.6 Å². The average molecular weight is 235 g/mol. The van der Waals surface area contributed by atoms with E-state index in [4.69, 9.17) is 4.74 Å².